The molecule has 2 aromatic rings. The van der Waals surface area contributed by atoms with Gasteiger partial charge in [0.25, 0.3) is 0 Å². The lowest BCUT2D eigenvalue weighted by molar-refractivity contribution is 1.09. The maximum Gasteiger partial charge on any atom is 0.0440 e. The van der Waals surface area contributed by atoms with Crippen LogP contribution in [-0.4, -0.2) is 7.05 Å². The first-order chi connectivity index (χ1) is 8.24. The van der Waals surface area contributed by atoms with Gasteiger partial charge in [-0.2, -0.15) is 0 Å². The molecule has 0 fully saturated rings. The van der Waals surface area contributed by atoms with Crippen LogP contribution in [0.2, 0.25) is 0 Å². The molecule has 17 heavy (non-hydrogen) atoms. The molecule has 0 saturated heterocycles. The van der Waals surface area contributed by atoms with Crippen LogP contribution in [0.25, 0.3) is 0 Å². The van der Waals surface area contributed by atoms with Crippen LogP contribution in [0.1, 0.15) is 18.1 Å². The Morgan fingerprint density at radius 3 is 2.12 bits per heavy atom. The molecule has 2 aromatic carbocycles. The summed E-state index contributed by atoms with van der Waals surface area (Å²) < 4.78 is 0. The summed E-state index contributed by atoms with van der Waals surface area (Å²) in [6.07, 6.45) is 1.06. The maximum absolute atomic E-state index is 2.27. The third-order valence-corrected chi connectivity index (χ3v) is 3.21. The minimum atomic E-state index is 1.06. The van der Waals surface area contributed by atoms with Gasteiger partial charge in [-0.15, -0.1) is 0 Å². The summed E-state index contributed by atoms with van der Waals surface area (Å²) in [5.41, 5.74) is 5.26. The van der Waals surface area contributed by atoms with E-state index < -0.39 is 0 Å². The average Bonchev–Trinajstić information content (AvgIpc) is 2.38. The number of para-hydroxylation sites is 2. The highest BCUT2D eigenvalue weighted by atomic mass is 15.1. The molecule has 0 bridgehead atoms. The van der Waals surface area contributed by atoms with Crippen LogP contribution >= 0.6 is 0 Å². The fourth-order valence-corrected chi connectivity index (χ4v) is 2.21. The fourth-order valence-electron chi connectivity index (χ4n) is 2.21. The molecule has 0 saturated carbocycles. The molecule has 0 aliphatic carbocycles. The molecule has 0 spiro atoms. The summed E-state index contributed by atoms with van der Waals surface area (Å²) >= 11 is 0. The normalized spacial score (nSPS) is 10.3. The number of rotatable bonds is 3. The molecule has 88 valence electrons. The predicted molar refractivity (Wildman–Crippen MR) is 75.1 cm³/mol. The third kappa shape index (κ3) is 2.33. The second kappa shape index (κ2) is 5.05. The number of aryl methyl sites for hydroxylation is 2. The lowest BCUT2D eigenvalue weighted by Crippen LogP contribution is -2.12. The Morgan fingerprint density at radius 1 is 0.882 bits per heavy atom. The van der Waals surface area contributed by atoms with Crippen LogP contribution in [0.5, 0.6) is 0 Å². The van der Waals surface area contributed by atoms with Gasteiger partial charge in [0.2, 0.25) is 0 Å². The van der Waals surface area contributed by atoms with Gasteiger partial charge >= 0.3 is 0 Å². The summed E-state index contributed by atoms with van der Waals surface area (Å²) in [7, 11) is 2.14. The molecule has 1 nitrogen and oxygen atoms in total. The standard InChI is InChI=1S/C16H19N/c1-4-14-10-6-8-12-16(14)17(3)15-11-7-5-9-13(15)2/h5-12H,4H2,1-3H3. The Hall–Kier alpha value is -1.76. The molecule has 1 heteroatoms. The fraction of sp³-hybridized carbons (Fsp3) is 0.250. The molecule has 0 aliphatic heterocycles. The van der Waals surface area contributed by atoms with Crippen molar-refractivity contribution in [3.8, 4) is 0 Å². The molecule has 0 heterocycles. The van der Waals surface area contributed by atoms with E-state index >= 15 is 0 Å². The highest BCUT2D eigenvalue weighted by molar-refractivity contribution is 5.68. The molecular formula is C16H19N. The predicted octanol–water partition coefficient (Wildman–Crippen LogP) is 4.33. The quantitative estimate of drug-likeness (QED) is 0.751. The van der Waals surface area contributed by atoms with E-state index in [2.05, 4.69) is 74.3 Å². The van der Waals surface area contributed by atoms with Crippen LogP contribution in [0.3, 0.4) is 0 Å². The number of nitrogens with zero attached hydrogens (tertiary/aromatic N) is 1. The smallest absolute Gasteiger partial charge is 0.0440 e. The van der Waals surface area contributed by atoms with Crippen molar-refractivity contribution in [3.05, 3.63) is 59.7 Å². The van der Waals surface area contributed by atoms with Crippen LogP contribution in [0.15, 0.2) is 48.5 Å². The monoisotopic (exact) mass is 225 g/mol. The zero-order chi connectivity index (χ0) is 12.3. The molecule has 0 atom stereocenters. The van der Waals surface area contributed by atoms with Crippen molar-refractivity contribution < 1.29 is 0 Å². The molecule has 0 amide bonds. The van der Waals surface area contributed by atoms with Crippen molar-refractivity contribution in [1.29, 1.82) is 0 Å². The van der Waals surface area contributed by atoms with Gasteiger partial charge in [0, 0.05) is 18.4 Å². The topological polar surface area (TPSA) is 3.24 Å². The van der Waals surface area contributed by atoms with Gasteiger partial charge in [0.1, 0.15) is 0 Å². The van der Waals surface area contributed by atoms with Crippen molar-refractivity contribution >= 4 is 11.4 Å². The zero-order valence-electron chi connectivity index (χ0n) is 10.8. The van der Waals surface area contributed by atoms with Crippen molar-refractivity contribution in [2.75, 3.05) is 11.9 Å². The lowest BCUT2D eigenvalue weighted by Gasteiger charge is -2.24. The molecule has 0 radical (unpaired) electrons. The summed E-state index contributed by atoms with van der Waals surface area (Å²) in [4.78, 5) is 2.27. The van der Waals surface area contributed by atoms with Crippen molar-refractivity contribution in [2.24, 2.45) is 0 Å². The molecule has 0 aromatic heterocycles. The summed E-state index contributed by atoms with van der Waals surface area (Å²) in [6, 6.07) is 17.1. The van der Waals surface area contributed by atoms with Gasteiger partial charge < -0.3 is 4.90 Å². The molecule has 2 rings (SSSR count). The minimum absolute atomic E-state index is 1.06. The van der Waals surface area contributed by atoms with E-state index in [4.69, 9.17) is 0 Å². The van der Waals surface area contributed by atoms with Crippen molar-refractivity contribution in [2.45, 2.75) is 20.3 Å². The lowest BCUT2D eigenvalue weighted by atomic mass is 10.1. The second-order valence-corrected chi connectivity index (χ2v) is 4.33. The van der Waals surface area contributed by atoms with Gasteiger partial charge in [-0.1, -0.05) is 43.3 Å². The van der Waals surface area contributed by atoms with Crippen LogP contribution in [0, 0.1) is 6.92 Å². The zero-order valence-corrected chi connectivity index (χ0v) is 10.8. The van der Waals surface area contributed by atoms with E-state index in [0.29, 0.717) is 0 Å². The molecule has 0 unspecified atom stereocenters. The average molecular weight is 225 g/mol. The Bertz CT molecular complexity index is 502. The summed E-state index contributed by atoms with van der Waals surface area (Å²) in [6.45, 7) is 4.35. The highest BCUT2D eigenvalue weighted by Crippen LogP contribution is 2.29. The SMILES string of the molecule is CCc1ccccc1N(C)c1ccccc1C. The van der Waals surface area contributed by atoms with Crippen molar-refractivity contribution in [3.63, 3.8) is 0 Å². The third-order valence-electron chi connectivity index (χ3n) is 3.21. The Labute approximate surface area is 104 Å². The van der Waals surface area contributed by atoms with E-state index in [9.17, 15) is 0 Å². The molecule has 0 N–H and O–H groups in total. The first-order valence-corrected chi connectivity index (χ1v) is 6.11. The number of hydrogen-bond acceptors (Lipinski definition) is 1. The first-order valence-electron chi connectivity index (χ1n) is 6.11. The second-order valence-electron chi connectivity index (χ2n) is 4.33. The largest absolute Gasteiger partial charge is 0.344 e. The minimum Gasteiger partial charge on any atom is -0.344 e. The number of anilines is 2. The Morgan fingerprint density at radius 2 is 1.47 bits per heavy atom. The van der Waals surface area contributed by atoms with Crippen LogP contribution in [-0.2, 0) is 6.42 Å². The van der Waals surface area contributed by atoms with Gasteiger partial charge in [0.05, 0.1) is 0 Å². The van der Waals surface area contributed by atoms with Gasteiger partial charge in [0.15, 0.2) is 0 Å². The van der Waals surface area contributed by atoms with Crippen LogP contribution in [0.4, 0.5) is 11.4 Å². The van der Waals surface area contributed by atoms with Crippen LogP contribution < -0.4 is 4.90 Å². The van der Waals surface area contributed by atoms with E-state index in [-0.39, 0.29) is 0 Å². The first kappa shape index (κ1) is 11.7. The summed E-state index contributed by atoms with van der Waals surface area (Å²) in [5.74, 6) is 0. The Kier molecular flexibility index (Phi) is 3.48. The summed E-state index contributed by atoms with van der Waals surface area (Å²) in [5, 5.41) is 0. The maximum atomic E-state index is 2.27. The van der Waals surface area contributed by atoms with Crippen molar-refractivity contribution in [1.82, 2.24) is 0 Å². The highest BCUT2D eigenvalue weighted by Gasteiger charge is 2.08. The van der Waals surface area contributed by atoms with E-state index in [1.807, 2.05) is 0 Å². The number of benzene rings is 2. The van der Waals surface area contributed by atoms with Gasteiger partial charge in [-0.05, 0) is 36.6 Å². The van der Waals surface area contributed by atoms with Gasteiger partial charge in [-0.25, -0.2) is 0 Å². The van der Waals surface area contributed by atoms with E-state index in [1.165, 1.54) is 22.5 Å². The molecule has 0 aliphatic rings. The Balaban J connectivity index is 2.44. The van der Waals surface area contributed by atoms with Gasteiger partial charge in [-0.3, -0.25) is 0 Å². The molecular weight excluding hydrogens is 206 g/mol. The van der Waals surface area contributed by atoms with E-state index in [0.717, 1.165) is 6.42 Å². The van der Waals surface area contributed by atoms with E-state index in [1.54, 1.807) is 0 Å². The number of hydrogen-bond donors (Lipinski definition) is 0.